The highest BCUT2D eigenvalue weighted by Crippen LogP contribution is 2.34. The second-order valence-electron chi connectivity index (χ2n) is 4.62. The molecule has 0 N–H and O–H groups in total. The summed E-state index contributed by atoms with van der Waals surface area (Å²) in [6.07, 6.45) is 3.56. The van der Waals surface area contributed by atoms with Crippen LogP contribution in [-0.2, 0) is 9.78 Å². The maximum Gasteiger partial charge on any atom is 0.237 e. The average Bonchev–Trinajstić information content (AvgIpc) is 3.04. The first-order chi connectivity index (χ1) is 10.3. The SMILES string of the molecule is Cc1c(Oc2cnc(C#N)cn2)cccc1C1CCOO1. The first-order valence-electron chi connectivity index (χ1n) is 6.55. The number of nitrogens with zero attached hydrogens (tertiary/aromatic N) is 3. The molecule has 0 bridgehead atoms. The van der Waals surface area contributed by atoms with E-state index >= 15 is 0 Å². The Morgan fingerprint density at radius 2 is 2.24 bits per heavy atom. The highest BCUT2D eigenvalue weighted by Gasteiger charge is 2.22. The van der Waals surface area contributed by atoms with Crippen LogP contribution in [0.2, 0.25) is 0 Å². The number of hydrogen-bond acceptors (Lipinski definition) is 6. The van der Waals surface area contributed by atoms with E-state index in [4.69, 9.17) is 19.8 Å². The topological polar surface area (TPSA) is 77.3 Å². The number of aromatic nitrogens is 2. The van der Waals surface area contributed by atoms with E-state index in [0.717, 1.165) is 17.5 Å². The van der Waals surface area contributed by atoms with Gasteiger partial charge in [-0.25, -0.2) is 19.7 Å². The zero-order valence-corrected chi connectivity index (χ0v) is 11.4. The van der Waals surface area contributed by atoms with Crippen molar-refractivity contribution in [2.45, 2.75) is 19.4 Å². The van der Waals surface area contributed by atoms with Crippen molar-refractivity contribution in [3.05, 3.63) is 47.4 Å². The van der Waals surface area contributed by atoms with Crippen LogP contribution in [0.5, 0.6) is 11.6 Å². The number of rotatable bonds is 3. The van der Waals surface area contributed by atoms with Gasteiger partial charge >= 0.3 is 0 Å². The van der Waals surface area contributed by atoms with Gasteiger partial charge in [0.25, 0.3) is 0 Å². The van der Waals surface area contributed by atoms with Crippen molar-refractivity contribution in [3.63, 3.8) is 0 Å². The highest BCUT2D eigenvalue weighted by atomic mass is 17.2. The van der Waals surface area contributed by atoms with Crippen LogP contribution in [0.1, 0.15) is 29.3 Å². The number of benzene rings is 1. The minimum absolute atomic E-state index is 0.0689. The fourth-order valence-corrected chi connectivity index (χ4v) is 2.17. The van der Waals surface area contributed by atoms with Gasteiger partial charge in [0.1, 0.15) is 17.9 Å². The summed E-state index contributed by atoms with van der Waals surface area (Å²) in [4.78, 5) is 18.2. The largest absolute Gasteiger partial charge is 0.437 e. The van der Waals surface area contributed by atoms with Crippen molar-refractivity contribution in [1.29, 1.82) is 5.26 Å². The van der Waals surface area contributed by atoms with E-state index in [-0.39, 0.29) is 11.8 Å². The Morgan fingerprint density at radius 3 is 2.90 bits per heavy atom. The maximum absolute atomic E-state index is 8.70. The van der Waals surface area contributed by atoms with Gasteiger partial charge in [-0.1, -0.05) is 12.1 Å². The van der Waals surface area contributed by atoms with Crippen LogP contribution < -0.4 is 4.74 Å². The summed E-state index contributed by atoms with van der Waals surface area (Å²) in [7, 11) is 0. The minimum Gasteiger partial charge on any atom is -0.437 e. The fraction of sp³-hybridized carbons (Fsp3) is 0.267. The zero-order chi connectivity index (χ0) is 14.7. The molecule has 2 aromatic rings. The van der Waals surface area contributed by atoms with Crippen LogP contribution in [0.25, 0.3) is 0 Å². The standard InChI is InChI=1S/C15H13N3O3/c1-10-12(14-5-6-19-21-14)3-2-4-13(10)20-15-9-17-11(7-16)8-18-15/h2-4,8-9,14H,5-6H2,1H3. The second kappa shape index (κ2) is 5.87. The predicted molar refractivity (Wildman–Crippen MR) is 72.4 cm³/mol. The molecule has 0 spiro atoms. The Hall–Kier alpha value is -2.49. The lowest BCUT2D eigenvalue weighted by atomic mass is 10.0. The predicted octanol–water partition coefficient (Wildman–Crippen LogP) is 2.84. The van der Waals surface area contributed by atoms with Gasteiger partial charge in [-0.05, 0) is 24.1 Å². The monoisotopic (exact) mass is 283 g/mol. The molecular weight excluding hydrogens is 270 g/mol. The quantitative estimate of drug-likeness (QED) is 0.806. The Labute approximate surface area is 121 Å². The van der Waals surface area contributed by atoms with E-state index in [1.807, 2.05) is 31.2 Å². The lowest BCUT2D eigenvalue weighted by Crippen LogP contribution is -2.00. The molecule has 6 nitrogen and oxygen atoms in total. The minimum atomic E-state index is -0.0689. The van der Waals surface area contributed by atoms with Gasteiger partial charge in [0.15, 0.2) is 5.69 Å². The molecule has 1 aromatic carbocycles. The van der Waals surface area contributed by atoms with E-state index in [2.05, 4.69) is 9.97 Å². The highest BCUT2D eigenvalue weighted by molar-refractivity contribution is 5.42. The maximum atomic E-state index is 8.70. The fourth-order valence-electron chi connectivity index (χ4n) is 2.17. The molecule has 0 aliphatic carbocycles. The molecule has 3 rings (SSSR count). The molecule has 1 aromatic heterocycles. The van der Waals surface area contributed by atoms with Gasteiger partial charge in [0.2, 0.25) is 5.88 Å². The smallest absolute Gasteiger partial charge is 0.237 e. The number of hydrogen-bond donors (Lipinski definition) is 0. The zero-order valence-electron chi connectivity index (χ0n) is 11.4. The van der Waals surface area contributed by atoms with Gasteiger partial charge in [0, 0.05) is 6.42 Å². The van der Waals surface area contributed by atoms with Crippen molar-refractivity contribution >= 4 is 0 Å². The Morgan fingerprint density at radius 1 is 1.33 bits per heavy atom. The van der Waals surface area contributed by atoms with Gasteiger partial charge in [-0.3, -0.25) is 0 Å². The summed E-state index contributed by atoms with van der Waals surface area (Å²) in [6.45, 7) is 2.56. The van der Waals surface area contributed by atoms with Crippen LogP contribution in [0.15, 0.2) is 30.6 Å². The summed E-state index contributed by atoms with van der Waals surface area (Å²) in [6, 6.07) is 7.66. The number of ether oxygens (including phenoxy) is 1. The molecule has 1 fully saturated rings. The first-order valence-corrected chi connectivity index (χ1v) is 6.55. The summed E-state index contributed by atoms with van der Waals surface area (Å²) in [5.41, 5.74) is 2.26. The van der Waals surface area contributed by atoms with Crippen LogP contribution in [0.3, 0.4) is 0 Å². The molecule has 106 valence electrons. The molecule has 6 heteroatoms. The van der Waals surface area contributed by atoms with E-state index in [9.17, 15) is 0 Å². The van der Waals surface area contributed by atoms with Crippen LogP contribution in [0.4, 0.5) is 0 Å². The molecule has 1 aliphatic heterocycles. The average molecular weight is 283 g/mol. The van der Waals surface area contributed by atoms with Crippen molar-refractivity contribution < 1.29 is 14.5 Å². The molecule has 2 heterocycles. The van der Waals surface area contributed by atoms with E-state index in [1.54, 1.807) is 0 Å². The Bertz CT molecular complexity index is 674. The van der Waals surface area contributed by atoms with E-state index in [0.29, 0.717) is 18.2 Å². The third kappa shape index (κ3) is 2.84. The van der Waals surface area contributed by atoms with Crippen molar-refractivity contribution in [1.82, 2.24) is 9.97 Å². The van der Waals surface area contributed by atoms with Crippen molar-refractivity contribution in [2.24, 2.45) is 0 Å². The lowest BCUT2D eigenvalue weighted by molar-refractivity contribution is -0.276. The third-order valence-corrected chi connectivity index (χ3v) is 3.28. The first kappa shape index (κ1) is 13.5. The Kier molecular flexibility index (Phi) is 3.77. The summed E-state index contributed by atoms with van der Waals surface area (Å²) in [5.74, 6) is 1.03. The molecule has 1 saturated heterocycles. The van der Waals surface area contributed by atoms with Crippen molar-refractivity contribution in [3.8, 4) is 17.7 Å². The van der Waals surface area contributed by atoms with Gasteiger partial charge in [-0.2, -0.15) is 5.26 Å². The lowest BCUT2D eigenvalue weighted by Gasteiger charge is -2.14. The van der Waals surface area contributed by atoms with E-state index < -0.39 is 0 Å². The molecule has 1 atom stereocenters. The molecule has 0 amide bonds. The summed E-state index contributed by atoms with van der Waals surface area (Å²) >= 11 is 0. The van der Waals surface area contributed by atoms with Crippen molar-refractivity contribution in [2.75, 3.05) is 6.61 Å². The molecule has 21 heavy (non-hydrogen) atoms. The Balaban J connectivity index is 1.84. The third-order valence-electron chi connectivity index (χ3n) is 3.28. The molecule has 0 radical (unpaired) electrons. The second-order valence-corrected chi connectivity index (χ2v) is 4.62. The molecule has 1 aliphatic rings. The molecular formula is C15H13N3O3. The molecule has 1 unspecified atom stereocenters. The van der Waals surface area contributed by atoms with Gasteiger partial charge in [-0.15, -0.1) is 0 Å². The van der Waals surface area contributed by atoms with Gasteiger partial charge < -0.3 is 4.74 Å². The number of nitriles is 1. The van der Waals surface area contributed by atoms with Crippen LogP contribution in [0, 0.1) is 18.3 Å². The van der Waals surface area contributed by atoms with E-state index in [1.165, 1.54) is 12.4 Å². The van der Waals surface area contributed by atoms with Crippen LogP contribution in [-0.4, -0.2) is 16.6 Å². The summed E-state index contributed by atoms with van der Waals surface area (Å²) in [5, 5.41) is 8.70. The normalized spacial score (nSPS) is 17.4. The van der Waals surface area contributed by atoms with Gasteiger partial charge in [0.05, 0.1) is 19.0 Å². The molecule has 0 saturated carbocycles. The van der Waals surface area contributed by atoms with Crippen LogP contribution >= 0.6 is 0 Å². The summed E-state index contributed by atoms with van der Waals surface area (Å²) < 4.78 is 5.73.